The lowest BCUT2D eigenvalue weighted by molar-refractivity contribution is 0.103. The summed E-state index contributed by atoms with van der Waals surface area (Å²) in [6.07, 6.45) is 4.36. The molecule has 0 spiro atoms. The number of amides is 1. The molecular formula is C20H19Cl2N3OS. The quantitative estimate of drug-likeness (QED) is 0.550. The summed E-state index contributed by atoms with van der Waals surface area (Å²) in [4.78, 5) is 18.8. The van der Waals surface area contributed by atoms with Gasteiger partial charge in [0.25, 0.3) is 5.91 Å². The number of carbonyl (C=O) groups excluding carboxylic acids is 1. The number of rotatable bonds is 3. The second-order valence-corrected chi connectivity index (χ2v) is 8.73. The molecule has 2 aromatic heterocycles. The van der Waals surface area contributed by atoms with Crippen molar-refractivity contribution in [1.29, 1.82) is 0 Å². The van der Waals surface area contributed by atoms with Gasteiger partial charge in [0.05, 0.1) is 16.4 Å². The van der Waals surface area contributed by atoms with E-state index in [-0.39, 0.29) is 5.91 Å². The lowest BCUT2D eigenvalue weighted by atomic mass is 9.85. The van der Waals surface area contributed by atoms with E-state index < -0.39 is 0 Å². The van der Waals surface area contributed by atoms with Gasteiger partial charge in [-0.1, -0.05) is 36.5 Å². The Labute approximate surface area is 171 Å². The standard InChI is InChI=1S/C20H19Cl2N3OS/c1-2-10-3-6-15-11(7-10)8-13-17(23)18(27-20(13)25-15)19(26)24-16-9-12(21)4-5-14(16)22/h4-5,8-10H,2-3,6-7,23H2,1H3,(H,24,26). The van der Waals surface area contributed by atoms with Crippen molar-refractivity contribution in [2.45, 2.75) is 32.6 Å². The second-order valence-electron chi connectivity index (χ2n) is 6.89. The van der Waals surface area contributed by atoms with Crippen LogP contribution in [0.2, 0.25) is 10.0 Å². The minimum Gasteiger partial charge on any atom is -0.397 e. The molecule has 1 atom stereocenters. The Morgan fingerprint density at radius 3 is 2.96 bits per heavy atom. The van der Waals surface area contributed by atoms with Crippen molar-refractivity contribution in [3.05, 3.63) is 50.4 Å². The first-order valence-corrected chi connectivity index (χ1v) is 10.5. The molecule has 7 heteroatoms. The van der Waals surface area contributed by atoms with E-state index in [9.17, 15) is 4.79 Å². The highest BCUT2D eigenvalue weighted by Crippen LogP contribution is 2.37. The Bertz CT molecular complexity index is 1050. The number of nitrogens with zero attached hydrogens (tertiary/aromatic N) is 1. The predicted octanol–water partition coefficient (Wildman–Crippen LogP) is 5.95. The number of thiophene rings is 1. The molecule has 3 N–H and O–H groups in total. The second kappa shape index (κ2) is 7.30. The van der Waals surface area contributed by atoms with Crippen LogP contribution in [0.5, 0.6) is 0 Å². The predicted molar refractivity (Wildman–Crippen MR) is 114 cm³/mol. The van der Waals surface area contributed by atoms with E-state index in [1.807, 2.05) is 0 Å². The number of hydrogen-bond acceptors (Lipinski definition) is 4. The molecule has 0 aliphatic heterocycles. The highest BCUT2D eigenvalue weighted by Gasteiger charge is 2.23. The number of carbonyl (C=O) groups is 1. The van der Waals surface area contributed by atoms with Gasteiger partial charge in [-0.2, -0.15) is 0 Å². The van der Waals surface area contributed by atoms with Crippen molar-refractivity contribution >= 4 is 62.0 Å². The molecular weight excluding hydrogens is 401 g/mol. The first-order valence-electron chi connectivity index (χ1n) is 8.93. The smallest absolute Gasteiger partial charge is 0.267 e. The Morgan fingerprint density at radius 2 is 2.19 bits per heavy atom. The fraction of sp³-hybridized carbons (Fsp3) is 0.300. The normalized spacial score (nSPS) is 16.3. The molecule has 1 aliphatic carbocycles. The summed E-state index contributed by atoms with van der Waals surface area (Å²) in [5.41, 5.74) is 9.64. The number of aryl methyl sites for hydroxylation is 1. The SMILES string of the molecule is CCC1CCc2nc3sc(C(=O)Nc4cc(Cl)ccc4Cl)c(N)c3cc2C1. The van der Waals surface area contributed by atoms with Crippen molar-refractivity contribution in [3.63, 3.8) is 0 Å². The highest BCUT2D eigenvalue weighted by atomic mass is 35.5. The van der Waals surface area contributed by atoms with Gasteiger partial charge in [0.1, 0.15) is 9.71 Å². The fourth-order valence-corrected chi connectivity index (χ4v) is 4.88. The molecule has 1 unspecified atom stereocenters. The van der Waals surface area contributed by atoms with Gasteiger partial charge in [0.15, 0.2) is 0 Å². The van der Waals surface area contributed by atoms with Crippen LogP contribution >= 0.6 is 34.5 Å². The van der Waals surface area contributed by atoms with E-state index in [1.165, 1.54) is 29.7 Å². The van der Waals surface area contributed by atoms with Gasteiger partial charge in [-0.15, -0.1) is 11.3 Å². The number of pyridine rings is 1. The molecule has 1 aromatic carbocycles. The van der Waals surface area contributed by atoms with Gasteiger partial charge in [-0.25, -0.2) is 4.98 Å². The molecule has 1 aliphatic rings. The minimum absolute atomic E-state index is 0.302. The molecule has 3 aromatic rings. The summed E-state index contributed by atoms with van der Waals surface area (Å²) in [5, 5.41) is 4.58. The van der Waals surface area contributed by atoms with E-state index in [0.29, 0.717) is 32.2 Å². The van der Waals surface area contributed by atoms with Crippen molar-refractivity contribution in [2.75, 3.05) is 11.1 Å². The first kappa shape index (κ1) is 18.5. The monoisotopic (exact) mass is 419 g/mol. The van der Waals surface area contributed by atoms with Crippen LogP contribution in [0.3, 0.4) is 0 Å². The molecule has 4 rings (SSSR count). The molecule has 4 nitrogen and oxygen atoms in total. The number of hydrogen-bond donors (Lipinski definition) is 2. The number of nitrogens with one attached hydrogen (secondary N) is 1. The molecule has 2 heterocycles. The summed E-state index contributed by atoms with van der Waals surface area (Å²) in [6, 6.07) is 7.06. The summed E-state index contributed by atoms with van der Waals surface area (Å²) in [5.74, 6) is 0.397. The third-order valence-electron chi connectivity index (χ3n) is 5.15. The van der Waals surface area contributed by atoms with Crippen LogP contribution in [0.4, 0.5) is 11.4 Å². The Balaban J connectivity index is 1.69. The third-order valence-corrected chi connectivity index (χ3v) is 6.83. The van der Waals surface area contributed by atoms with Crippen LogP contribution in [-0.2, 0) is 12.8 Å². The molecule has 0 radical (unpaired) electrons. The summed E-state index contributed by atoms with van der Waals surface area (Å²) in [7, 11) is 0. The topological polar surface area (TPSA) is 68.0 Å². The highest BCUT2D eigenvalue weighted by molar-refractivity contribution is 7.21. The van der Waals surface area contributed by atoms with Gasteiger partial charge >= 0.3 is 0 Å². The number of nitrogens with two attached hydrogens (primary N) is 1. The molecule has 1 amide bonds. The van der Waals surface area contributed by atoms with Crippen LogP contribution in [0.25, 0.3) is 10.2 Å². The van der Waals surface area contributed by atoms with Gasteiger partial charge in [0.2, 0.25) is 0 Å². The van der Waals surface area contributed by atoms with E-state index >= 15 is 0 Å². The molecule has 27 heavy (non-hydrogen) atoms. The molecule has 0 saturated heterocycles. The average molecular weight is 420 g/mol. The lowest BCUT2D eigenvalue weighted by Crippen LogP contribution is -2.14. The maximum absolute atomic E-state index is 12.8. The lowest BCUT2D eigenvalue weighted by Gasteiger charge is -2.22. The average Bonchev–Trinajstić information content (AvgIpc) is 2.98. The Morgan fingerprint density at radius 1 is 1.37 bits per heavy atom. The summed E-state index contributed by atoms with van der Waals surface area (Å²) < 4.78 is 0. The third kappa shape index (κ3) is 3.51. The van der Waals surface area contributed by atoms with Crippen LogP contribution in [0.1, 0.15) is 40.7 Å². The number of anilines is 2. The van der Waals surface area contributed by atoms with E-state index in [2.05, 4.69) is 18.3 Å². The fourth-order valence-electron chi connectivity index (χ4n) is 3.56. The van der Waals surface area contributed by atoms with Crippen LogP contribution in [-0.4, -0.2) is 10.9 Å². The zero-order chi connectivity index (χ0) is 19.1. The minimum atomic E-state index is -0.302. The van der Waals surface area contributed by atoms with Crippen LogP contribution in [0, 0.1) is 5.92 Å². The maximum atomic E-state index is 12.8. The number of benzene rings is 1. The van der Waals surface area contributed by atoms with Gasteiger partial charge < -0.3 is 11.1 Å². The van der Waals surface area contributed by atoms with E-state index in [1.54, 1.807) is 18.2 Å². The molecule has 140 valence electrons. The zero-order valence-corrected chi connectivity index (χ0v) is 17.1. The van der Waals surface area contributed by atoms with Crippen LogP contribution in [0.15, 0.2) is 24.3 Å². The molecule has 0 bridgehead atoms. The van der Waals surface area contributed by atoms with Crippen molar-refractivity contribution < 1.29 is 4.79 Å². The van der Waals surface area contributed by atoms with Crippen LogP contribution < -0.4 is 11.1 Å². The van der Waals surface area contributed by atoms with Gasteiger partial charge in [0, 0.05) is 16.1 Å². The van der Waals surface area contributed by atoms with Crippen molar-refractivity contribution in [1.82, 2.24) is 4.98 Å². The zero-order valence-electron chi connectivity index (χ0n) is 14.8. The van der Waals surface area contributed by atoms with E-state index in [4.69, 9.17) is 33.9 Å². The number of halogens is 2. The maximum Gasteiger partial charge on any atom is 0.267 e. The van der Waals surface area contributed by atoms with Crippen molar-refractivity contribution in [3.8, 4) is 0 Å². The first-order chi connectivity index (χ1) is 13.0. The molecule has 0 fully saturated rings. The Hall–Kier alpha value is -1.82. The van der Waals surface area contributed by atoms with Gasteiger partial charge in [-0.05, 0) is 55.0 Å². The van der Waals surface area contributed by atoms with E-state index in [0.717, 1.165) is 28.8 Å². The summed E-state index contributed by atoms with van der Waals surface area (Å²) in [6.45, 7) is 2.23. The van der Waals surface area contributed by atoms with Gasteiger partial charge in [-0.3, -0.25) is 4.79 Å². The number of nitrogen functional groups attached to an aromatic ring is 1. The molecule has 0 saturated carbocycles. The number of fused-ring (bicyclic) bond motifs is 2. The largest absolute Gasteiger partial charge is 0.397 e. The van der Waals surface area contributed by atoms with Crippen molar-refractivity contribution in [2.24, 2.45) is 5.92 Å². The number of aromatic nitrogens is 1. The Kier molecular flexibility index (Phi) is 5.01. The summed E-state index contributed by atoms with van der Waals surface area (Å²) >= 11 is 13.5.